The summed E-state index contributed by atoms with van der Waals surface area (Å²) >= 11 is 0. The molecule has 2 aromatic rings. The molecular weight excluding hydrogens is 335 g/mol. The summed E-state index contributed by atoms with van der Waals surface area (Å²) < 4.78 is 24.1. The summed E-state index contributed by atoms with van der Waals surface area (Å²) in [6.45, 7) is 8.63. The summed E-state index contributed by atoms with van der Waals surface area (Å²) in [4.78, 5) is 11.1. The zero-order chi connectivity index (χ0) is 18.4. The van der Waals surface area contributed by atoms with Gasteiger partial charge in [0.2, 0.25) is 11.8 Å². The van der Waals surface area contributed by atoms with Gasteiger partial charge in [-0.3, -0.25) is 4.90 Å². The van der Waals surface area contributed by atoms with Crippen LogP contribution in [-0.4, -0.2) is 53.8 Å². The van der Waals surface area contributed by atoms with Gasteiger partial charge in [-0.15, -0.1) is 0 Å². The van der Waals surface area contributed by atoms with E-state index in [0.29, 0.717) is 29.5 Å². The lowest BCUT2D eigenvalue weighted by Crippen LogP contribution is -2.49. The fraction of sp³-hybridized carbons (Fsp3) is 0.474. The Hall–Kier alpha value is -2.25. The molecule has 26 heavy (non-hydrogen) atoms. The molecule has 140 valence electrons. The number of aromatic nitrogens is 2. The van der Waals surface area contributed by atoms with Crippen molar-refractivity contribution in [3.05, 3.63) is 42.3 Å². The van der Waals surface area contributed by atoms with E-state index in [1.807, 2.05) is 0 Å². The molecule has 7 heteroatoms. The highest BCUT2D eigenvalue weighted by molar-refractivity contribution is 5.31. The van der Waals surface area contributed by atoms with Gasteiger partial charge in [0.05, 0.1) is 13.2 Å². The fourth-order valence-corrected chi connectivity index (χ4v) is 3.00. The van der Waals surface area contributed by atoms with Crippen LogP contribution in [0.4, 0.5) is 10.3 Å². The molecular formula is C19H25FN4O2. The van der Waals surface area contributed by atoms with Gasteiger partial charge in [0.15, 0.2) is 0 Å². The van der Waals surface area contributed by atoms with Gasteiger partial charge < -0.3 is 14.8 Å². The van der Waals surface area contributed by atoms with Crippen LogP contribution in [0.5, 0.6) is 11.6 Å². The number of halogens is 1. The minimum Gasteiger partial charge on any atom is -0.439 e. The number of nitrogens with zero attached hydrogens (tertiary/aromatic N) is 3. The number of benzene rings is 1. The summed E-state index contributed by atoms with van der Waals surface area (Å²) in [5.41, 5.74) is 0. The van der Waals surface area contributed by atoms with E-state index >= 15 is 0 Å². The molecule has 3 rings (SSSR count). The maximum absolute atomic E-state index is 13.0. The third-order valence-corrected chi connectivity index (χ3v) is 4.42. The van der Waals surface area contributed by atoms with Crippen molar-refractivity contribution in [3.8, 4) is 11.6 Å². The lowest BCUT2D eigenvalue weighted by atomic mass is 10.0. The molecule has 6 nitrogen and oxygen atoms in total. The van der Waals surface area contributed by atoms with E-state index in [1.54, 1.807) is 24.4 Å². The maximum Gasteiger partial charge on any atom is 0.226 e. The molecule has 2 heterocycles. The molecule has 1 saturated heterocycles. The van der Waals surface area contributed by atoms with Crippen molar-refractivity contribution in [3.63, 3.8) is 0 Å². The Kier molecular flexibility index (Phi) is 6.35. The van der Waals surface area contributed by atoms with E-state index in [0.717, 1.165) is 32.8 Å². The normalized spacial score (nSPS) is 16.5. The molecule has 1 fully saturated rings. The second-order valence-corrected chi connectivity index (χ2v) is 6.62. The predicted octanol–water partition coefficient (Wildman–Crippen LogP) is 3.18. The van der Waals surface area contributed by atoms with Gasteiger partial charge in [-0.25, -0.2) is 9.37 Å². The highest BCUT2D eigenvalue weighted by Gasteiger charge is 2.23. The maximum atomic E-state index is 13.0. The second kappa shape index (κ2) is 8.91. The summed E-state index contributed by atoms with van der Waals surface area (Å²) in [6.07, 6.45) is 1.65. The van der Waals surface area contributed by atoms with Gasteiger partial charge in [0, 0.05) is 37.9 Å². The van der Waals surface area contributed by atoms with Crippen LogP contribution >= 0.6 is 0 Å². The standard InChI is InChI=1S/C19H25FN4O2/c1-14(2)17(24-9-11-25-12-10-24)13-22-19-21-8-7-18(23-19)26-16-5-3-15(20)4-6-16/h3-8,14,17H,9-13H2,1-2H3,(H,21,22,23). The molecule has 0 amide bonds. The average molecular weight is 360 g/mol. The van der Waals surface area contributed by atoms with E-state index in [4.69, 9.17) is 9.47 Å². The van der Waals surface area contributed by atoms with Crippen molar-refractivity contribution in [2.75, 3.05) is 38.2 Å². The van der Waals surface area contributed by atoms with Gasteiger partial charge in [-0.1, -0.05) is 13.8 Å². The van der Waals surface area contributed by atoms with Gasteiger partial charge >= 0.3 is 0 Å². The molecule has 1 aliphatic rings. The van der Waals surface area contributed by atoms with E-state index in [9.17, 15) is 4.39 Å². The van der Waals surface area contributed by atoms with Crippen LogP contribution in [0.2, 0.25) is 0 Å². The number of rotatable bonds is 7. The zero-order valence-electron chi connectivity index (χ0n) is 15.2. The number of ether oxygens (including phenoxy) is 2. The van der Waals surface area contributed by atoms with E-state index in [1.165, 1.54) is 12.1 Å². The minimum absolute atomic E-state index is 0.301. The quantitative estimate of drug-likeness (QED) is 0.818. The molecule has 1 aliphatic heterocycles. The molecule has 1 N–H and O–H groups in total. The second-order valence-electron chi connectivity index (χ2n) is 6.62. The third kappa shape index (κ3) is 5.12. The Morgan fingerprint density at radius 2 is 1.92 bits per heavy atom. The molecule has 0 spiro atoms. The number of anilines is 1. The van der Waals surface area contributed by atoms with Crippen LogP contribution in [0, 0.1) is 11.7 Å². The molecule has 1 aromatic carbocycles. The van der Waals surface area contributed by atoms with E-state index in [-0.39, 0.29) is 5.82 Å². The van der Waals surface area contributed by atoms with Crippen molar-refractivity contribution < 1.29 is 13.9 Å². The average Bonchev–Trinajstić information content (AvgIpc) is 2.65. The fourth-order valence-electron chi connectivity index (χ4n) is 3.00. The zero-order valence-corrected chi connectivity index (χ0v) is 15.2. The van der Waals surface area contributed by atoms with Crippen LogP contribution in [0.1, 0.15) is 13.8 Å². The van der Waals surface area contributed by atoms with Crippen LogP contribution in [0.25, 0.3) is 0 Å². The molecule has 1 aromatic heterocycles. The first-order chi connectivity index (χ1) is 12.6. The van der Waals surface area contributed by atoms with Crippen LogP contribution in [0.3, 0.4) is 0 Å². The first kappa shape index (κ1) is 18.5. The monoisotopic (exact) mass is 360 g/mol. The molecule has 1 atom stereocenters. The van der Waals surface area contributed by atoms with Crippen molar-refractivity contribution in [1.82, 2.24) is 14.9 Å². The molecule has 1 unspecified atom stereocenters. The van der Waals surface area contributed by atoms with Crippen molar-refractivity contribution in [1.29, 1.82) is 0 Å². The Morgan fingerprint density at radius 1 is 1.19 bits per heavy atom. The first-order valence-electron chi connectivity index (χ1n) is 8.94. The lowest BCUT2D eigenvalue weighted by Gasteiger charge is -2.36. The van der Waals surface area contributed by atoms with Gasteiger partial charge in [-0.2, -0.15) is 4.98 Å². The Bertz CT molecular complexity index is 690. The summed E-state index contributed by atoms with van der Waals surface area (Å²) in [6, 6.07) is 7.90. The topological polar surface area (TPSA) is 59.5 Å². The molecule has 0 radical (unpaired) electrons. The highest BCUT2D eigenvalue weighted by atomic mass is 19.1. The first-order valence-corrected chi connectivity index (χ1v) is 8.94. The summed E-state index contributed by atoms with van der Waals surface area (Å²) in [7, 11) is 0. The van der Waals surface area contributed by atoms with Crippen molar-refractivity contribution in [2.45, 2.75) is 19.9 Å². The van der Waals surface area contributed by atoms with Gasteiger partial charge in [0.25, 0.3) is 0 Å². The minimum atomic E-state index is -0.301. The van der Waals surface area contributed by atoms with Crippen LogP contribution in [-0.2, 0) is 4.74 Å². The number of nitrogens with one attached hydrogen (secondary N) is 1. The Balaban J connectivity index is 1.61. The van der Waals surface area contributed by atoms with Gasteiger partial charge in [-0.05, 0) is 30.2 Å². The van der Waals surface area contributed by atoms with Crippen LogP contribution in [0.15, 0.2) is 36.5 Å². The van der Waals surface area contributed by atoms with E-state index < -0.39 is 0 Å². The summed E-state index contributed by atoms with van der Waals surface area (Å²) in [5.74, 6) is 1.67. The van der Waals surface area contributed by atoms with Crippen molar-refractivity contribution in [2.24, 2.45) is 5.92 Å². The van der Waals surface area contributed by atoms with Crippen molar-refractivity contribution >= 4 is 5.95 Å². The van der Waals surface area contributed by atoms with Gasteiger partial charge in [0.1, 0.15) is 11.6 Å². The largest absolute Gasteiger partial charge is 0.439 e. The SMILES string of the molecule is CC(C)C(CNc1nccc(Oc2ccc(F)cc2)n1)N1CCOCC1. The third-order valence-electron chi connectivity index (χ3n) is 4.42. The molecule has 0 bridgehead atoms. The molecule has 0 aliphatic carbocycles. The predicted molar refractivity (Wildman–Crippen MR) is 98.0 cm³/mol. The van der Waals surface area contributed by atoms with E-state index in [2.05, 4.69) is 34.0 Å². The Labute approximate surface area is 153 Å². The highest BCUT2D eigenvalue weighted by Crippen LogP contribution is 2.20. The lowest BCUT2D eigenvalue weighted by molar-refractivity contribution is 0.00951. The number of morpholine rings is 1. The summed E-state index contributed by atoms with van der Waals surface area (Å²) in [5, 5.41) is 3.31. The smallest absolute Gasteiger partial charge is 0.226 e. The molecule has 0 saturated carbocycles. The Morgan fingerprint density at radius 3 is 2.62 bits per heavy atom. The number of hydrogen-bond donors (Lipinski definition) is 1. The number of hydrogen-bond acceptors (Lipinski definition) is 6. The van der Waals surface area contributed by atoms with Crippen LogP contribution < -0.4 is 10.1 Å².